The van der Waals surface area contributed by atoms with Gasteiger partial charge >= 0.3 is 5.97 Å². The largest absolute Gasteiger partial charge is 0.480 e. The number of aliphatic carboxylic acids is 1. The van der Waals surface area contributed by atoms with E-state index >= 15 is 0 Å². The van der Waals surface area contributed by atoms with Crippen LogP contribution < -0.4 is 0 Å². The summed E-state index contributed by atoms with van der Waals surface area (Å²) in [6.07, 6.45) is 4.15. The van der Waals surface area contributed by atoms with E-state index in [1.807, 2.05) is 54.1 Å². The van der Waals surface area contributed by atoms with Crippen LogP contribution in [0.4, 0.5) is 4.39 Å². The Morgan fingerprint density at radius 2 is 1.79 bits per heavy atom. The maximum Gasteiger partial charge on any atom is 0.329 e. The molecule has 0 bridgehead atoms. The third kappa shape index (κ3) is 5.50. The van der Waals surface area contributed by atoms with Crippen molar-refractivity contribution in [3.05, 3.63) is 65.6 Å². The highest BCUT2D eigenvalue weighted by Crippen LogP contribution is 2.37. The van der Waals surface area contributed by atoms with E-state index < -0.39 is 5.97 Å². The monoisotopic (exact) mass is 450 g/mol. The standard InChI is InChI=1S/C27H31FN2O3/c1-18-8-13-23(24(28)14-18)27-26(22-6-4-3-5-7-22)19(2)30(29-27)15-20-9-11-21(12-10-20)16-33-17-25(31)32/h3-8,13-14,20-21H,9-12,15-17H2,1-2H3,(H,31,32)/t20-,21-. The number of benzene rings is 2. The van der Waals surface area contributed by atoms with E-state index in [2.05, 4.69) is 6.92 Å². The minimum absolute atomic E-state index is 0.229. The SMILES string of the molecule is Cc1ccc(-c2nn(C[C@H]3CC[C@H](COCC(=O)O)CC3)c(C)c2-c2ccccc2)c(F)c1. The summed E-state index contributed by atoms with van der Waals surface area (Å²) in [6, 6.07) is 15.4. The normalized spacial score (nSPS) is 18.4. The lowest BCUT2D eigenvalue weighted by Gasteiger charge is -2.28. The van der Waals surface area contributed by atoms with E-state index in [4.69, 9.17) is 14.9 Å². The van der Waals surface area contributed by atoms with Gasteiger partial charge in [0.15, 0.2) is 0 Å². The number of aryl methyl sites for hydroxylation is 1. The van der Waals surface area contributed by atoms with E-state index in [0.29, 0.717) is 29.7 Å². The second-order valence-electron chi connectivity index (χ2n) is 9.14. The van der Waals surface area contributed by atoms with Gasteiger partial charge in [0.1, 0.15) is 18.1 Å². The van der Waals surface area contributed by atoms with Crippen LogP contribution >= 0.6 is 0 Å². The number of carboxylic acid groups (broad SMARTS) is 1. The second-order valence-corrected chi connectivity index (χ2v) is 9.14. The Hall–Kier alpha value is -2.99. The zero-order valence-electron chi connectivity index (χ0n) is 19.3. The molecule has 174 valence electrons. The van der Waals surface area contributed by atoms with Crippen LogP contribution in [0.2, 0.25) is 0 Å². The Morgan fingerprint density at radius 3 is 2.45 bits per heavy atom. The summed E-state index contributed by atoms with van der Waals surface area (Å²) in [5.74, 6) is -0.276. The summed E-state index contributed by atoms with van der Waals surface area (Å²) in [4.78, 5) is 10.6. The summed E-state index contributed by atoms with van der Waals surface area (Å²) in [5, 5.41) is 13.7. The fraction of sp³-hybridized carbons (Fsp3) is 0.407. The predicted octanol–water partition coefficient (Wildman–Crippen LogP) is 5.88. The van der Waals surface area contributed by atoms with Crippen molar-refractivity contribution in [2.75, 3.05) is 13.2 Å². The maximum absolute atomic E-state index is 14.9. The number of carboxylic acids is 1. The van der Waals surface area contributed by atoms with Gasteiger partial charge in [-0.2, -0.15) is 5.10 Å². The van der Waals surface area contributed by atoms with E-state index in [1.54, 1.807) is 6.07 Å². The van der Waals surface area contributed by atoms with Crippen molar-refractivity contribution in [2.45, 2.75) is 46.1 Å². The molecule has 6 heteroatoms. The first-order valence-electron chi connectivity index (χ1n) is 11.6. The van der Waals surface area contributed by atoms with Crippen LogP contribution in [0.3, 0.4) is 0 Å². The van der Waals surface area contributed by atoms with Crippen molar-refractivity contribution < 1.29 is 19.0 Å². The third-order valence-corrected chi connectivity index (χ3v) is 6.63. The molecule has 3 aromatic rings. The first kappa shape index (κ1) is 23.2. The zero-order valence-corrected chi connectivity index (χ0v) is 19.3. The maximum atomic E-state index is 14.9. The molecular formula is C27H31FN2O3. The first-order valence-corrected chi connectivity index (χ1v) is 11.6. The summed E-state index contributed by atoms with van der Waals surface area (Å²) in [5.41, 5.74) is 5.16. The molecule has 0 atom stereocenters. The summed E-state index contributed by atoms with van der Waals surface area (Å²) >= 11 is 0. The van der Waals surface area contributed by atoms with Gasteiger partial charge in [-0.3, -0.25) is 4.68 Å². The predicted molar refractivity (Wildman–Crippen MR) is 126 cm³/mol. The number of hydrogen-bond donors (Lipinski definition) is 1. The number of carbonyl (C=O) groups is 1. The molecule has 1 aliphatic rings. The molecule has 0 radical (unpaired) electrons. The molecule has 0 unspecified atom stereocenters. The average molecular weight is 451 g/mol. The van der Waals surface area contributed by atoms with Crippen molar-refractivity contribution in [2.24, 2.45) is 11.8 Å². The van der Waals surface area contributed by atoms with E-state index in [9.17, 15) is 9.18 Å². The molecule has 33 heavy (non-hydrogen) atoms. The van der Waals surface area contributed by atoms with Gasteiger partial charge in [0, 0.05) is 23.4 Å². The van der Waals surface area contributed by atoms with Crippen molar-refractivity contribution in [3.8, 4) is 22.4 Å². The van der Waals surface area contributed by atoms with Crippen molar-refractivity contribution in [1.29, 1.82) is 0 Å². The number of aromatic nitrogens is 2. The highest BCUT2D eigenvalue weighted by atomic mass is 19.1. The van der Waals surface area contributed by atoms with E-state index in [-0.39, 0.29) is 12.4 Å². The van der Waals surface area contributed by atoms with Crippen LogP contribution in [0.25, 0.3) is 22.4 Å². The first-order chi connectivity index (χ1) is 15.9. The fourth-order valence-electron chi connectivity index (χ4n) is 4.81. The van der Waals surface area contributed by atoms with Crippen molar-refractivity contribution >= 4 is 5.97 Å². The highest BCUT2D eigenvalue weighted by Gasteiger charge is 2.25. The number of rotatable bonds is 8. The van der Waals surface area contributed by atoms with Gasteiger partial charge in [-0.05, 0) is 74.6 Å². The van der Waals surface area contributed by atoms with Gasteiger partial charge < -0.3 is 9.84 Å². The minimum atomic E-state index is -0.923. The highest BCUT2D eigenvalue weighted by molar-refractivity contribution is 5.83. The van der Waals surface area contributed by atoms with Crippen molar-refractivity contribution in [3.63, 3.8) is 0 Å². The molecule has 0 aliphatic heterocycles. The van der Waals surface area contributed by atoms with Crippen LogP contribution in [0.1, 0.15) is 36.9 Å². The Labute approximate surface area is 194 Å². The molecule has 1 aliphatic carbocycles. The van der Waals surface area contributed by atoms with Gasteiger partial charge in [-0.15, -0.1) is 0 Å². The summed E-state index contributed by atoms with van der Waals surface area (Å²) < 4.78 is 22.3. The van der Waals surface area contributed by atoms with Gasteiger partial charge in [0.2, 0.25) is 0 Å². The van der Waals surface area contributed by atoms with Crippen LogP contribution in [0.15, 0.2) is 48.5 Å². The summed E-state index contributed by atoms with van der Waals surface area (Å²) in [7, 11) is 0. The Kier molecular flexibility index (Phi) is 7.23. The average Bonchev–Trinajstić information content (AvgIpc) is 3.11. The van der Waals surface area contributed by atoms with Gasteiger partial charge in [-0.1, -0.05) is 36.4 Å². The van der Waals surface area contributed by atoms with E-state index in [1.165, 1.54) is 0 Å². The quantitative estimate of drug-likeness (QED) is 0.465. The van der Waals surface area contributed by atoms with E-state index in [0.717, 1.165) is 54.6 Å². The zero-order chi connectivity index (χ0) is 23.4. The molecule has 1 aromatic heterocycles. The number of halogens is 1. The molecular weight excluding hydrogens is 419 g/mol. The third-order valence-electron chi connectivity index (χ3n) is 6.63. The molecule has 0 amide bonds. The van der Waals surface area contributed by atoms with Gasteiger partial charge in [-0.25, -0.2) is 9.18 Å². The van der Waals surface area contributed by atoms with Gasteiger partial charge in [0.25, 0.3) is 0 Å². The molecule has 2 aromatic carbocycles. The van der Waals surface area contributed by atoms with Crippen LogP contribution in [-0.4, -0.2) is 34.1 Å². The molecule has 1 N–H and O–H groups in total. The molecule has 0 spiro atoms. The lowest BCUT2D eigenvalue weighted by Crippen LogP contribution is -2.23. The molecule has 1 saturated carbocycles. The second kappa shape index (κ2) is 10.3. The molecule has 0 saturated heterocycles. The Morgan fingerprint density at radius 1 is 1.09 bits per heavy atom. The Balaban J connectivity index is 1.55. The van der Waals surface area contributed by atoms with Crippen LogP contribution in [0, 0.1) is 31.5 Å². The molecule has 1 heterocycles. The molecule has 4 rings (SSSR count). The lowest BCUT2D eigenvalue weighted by atomic mass is 9.82. The number of hydrogen-bond acceptors (Lipinski definition) is 3. The summed E-state index contributed by atoms with van der Waals surface area (Å²) in [6.45, 7) is 5.03. The van der Waals surface area contributed by atoms with Crippen molar-refractivity contribution in [1.82, 2.24) is 9.78 Å². The Bertz CT molecular complexity index is 1100. The topological polar surface area (TPSA) is 64.4 Å². The number of nitrogens with zero attached hydrogens (tertiary/aromatic N) is 2. The van der Waals surface area contributed by atoms with Crippen LogP contribution in [0.5, 0.6) is 0 Å². The smallest absolute Gasteiger partial charge is 0.329 e. The van der Waals surface area contributed by atoms with Gasteiger partial charge in [0.05, 0.1) is 6.61 Å². The molecule has 5 nitrogen and oxygen atoms in total. The minimum Gasteiger partial charge on any atom is -0.480 e. The van der Waals surface area contributed by atoms with Crippen LogP contribution in [-0.2, 0) is 16.1 Å². The molecule has 1 fully saturated rings. The lowest BCUT2D eigenvalue weighted by molar-refractivity contribution is -0.142. The fourth-order valence-corrected chi connectivity index (χ4v) is 4.81. The number of ether oxygens (including phenoxy) is 1.